The number of para-hydroxylation sites is 1. The van der Waals surface area contributed by atoms with Crippen molar-refractivity contribution in [1.82, 2.24) is 0 Å². The Labute approximate surface area is 75.9 Å². The van der Waals surface area contributed by atoms with Crippen molar-refractivity contribution in [2.45, 2.75) is 0 Å². The zero-order valence-corrected chi connectivity index (χ0v) is 7.03. The molecule has 1 aromatic rings. The molecule has 3 rings (SSSR count). The normalized spacial score (nSPS) is 11.1. The van der Waals surface area contributed by atoms with E-state index in [4.69, 9.17) is 4.74 Å². The van der Waals surface area contributed by atoms with Crippen LogP contribution in [0.5, 0.6) is 11.5 Å². The molecule has 0 aliphatic heterocycles. The van der Waals surface area contributed by atoms with E-state index in [1.54, 1.807) is 0 Å². The molecule has 62 valence electrons. The minimum absolute atomic E-state index is 0.903. The summed E-state index contributed by atoms with van der Waals surface area (Å²) < 4.78 is 5.64. The maximum absolute atomic E-state index is 5.64. The van der Waals surface area contributed by atoms with Crippen LogP contribution in [0.2, 0.25) is 0 Å². The zero-order chi connectivity index (χ0) is 8.67. The van der Waals surface area contributed by atoms with Crippen molar-refractivity contribution in [3.63, 3.8) is 0 Å². The lowest BCUT2D eigenvalue weighted by atomic mass is 10.1. The molecule has 0 bridgehead atoms. The van der Waals surface area contributed by atoms with Gasteiger partial charge in [-0.05, 0) is 23.4 Å². The number of rotatable bonds is 2. The van der Waals surface area contributed by atoms with Crippen molar-refractivity contribution in [3.05, 3.63) is 59.0 Å². The Kier molecular flexibility index (Phi) is 1.22. The van der Waals surface area contributed by atoms with E-state index in [2.05, 4.69) is 18.2 Å². The van der Waals surface area contributed by atoms with E-state index in [1.807, 2.05) is 30.3 Å². The summed E-state index contributed by atoms with van der Waals surface area (Å²) >= 11 is 0. The number of benzene rings is 2. The summed E-state index contributed by atoms with van der Waals surface area (Å²) in [5, 5.41) is 2.56. The van der Waals surface area contributed by atoms with Crippen molar-refractivity contribution in [2.24, 2.45) is 0 Å². The second kappa shape index (κ2) is 2.36. The maximum atomic E-state index is 5.64. The Balaban J connectivity index is 1.90. The Hall–Kier alpha value is -1.76. The third kappa shape index (κ3) is 0.937. The molecule has 0 radical (unpaired) electrons. The van der Waals surface area contributed by atoms with Gasteiger partial charge in [-0.3, -0.25) is 0 Å². The van der Waals surface area contributed by atoms with Crippen LogP contribution < -0.4 is 4.74 Å². The van der Waals surface area contributed by atoms with Crippen LogP contribution in [0.3, 0.4) is 0 Å². The Bertz CT molecular complexity index is 529. The van der Waals surface area contributed by atoms with E-state index in [0.29, 0.717) is 0 Å². The summed E-state index contributed by atoms with van der Waals surface area (Å²) in [6.45, 7) is 0. The van der Waals surface area contributed by atoms with Crippen molar-refractivity contribution in [1.29, 1.82) is 0 Å². The molecule has 2 aliphatic carbocycles. The van der Waals surface area contributed by atoms with Crippen molar-refractivity contribution >= 4 is 0 Å². The van der Waals surface area contributed by atoms with Crippen molar-refractivity contribution in [2.75, 3.05) is 0 Å². The van der Waals surface area contributed by atoms with Gasteiger partial charge in [-0.25, -0.2) is 0 Å². The minimum atomic E-state index is 0.903. The highest BCUT2D eigenvalue weighted by molar-refractivity contribution is 5.41. The lowest BCUT2D eigenvalue weighted by Gasteiger charge is -2.12. The molecular weight excluding hydrogens is 160 g/mol. The van der Waals surface area contributed by atoms with Crippen LogP contribution in [0.4, 0.5) is 0 Å². The molecule has 0 heterocycles. The Morgan fingerprint density at radius 2 is 1.69 bits per heavy atom. The van der Waals surface area contributed by atoms with Crippen LogP contribution in [0, 0.1) is 10.4 Å². The van der Waals surface area contributed by atoms with Crippen LogP contribution in [0.15, 0.2) is 48.5 Å². The highest BCUT2D eigenvalue weighted by Gasteiger charge is 2.07. The molecule has 1 aromatic carbocycles. The fourth-order valence-electron chi connectivity index (χ4n) is 1.45. The molecule has 0 N–H and O–H groups in total. The molecule has 0 spiro atoms. The molecular formula is C12H8O. The van der Waals surface area contributed by atoms with Gasteiger partial charge in [0.1, 0.15) is 11.5 Å². The summed E-state index contributed by atoms with van der Waals surface area (Å²) in [4.78, 5) is 0. The summed E-state index contributed by atoms with van der Waals surface area (Å²) in [5.41, 5.74) is 0. The number of hydrogen-bond donors (Lipinski definition) is 0. The molecule has 0 fully saturated rings. The first-order chi connectivity index (χ1) is 6.43. The molecule has 1 nitrogen and oxygen atoms in total. The van der Waals surface area contributed by atoms with E-state index in [-0.39, 0.29) is 0 Å². The quantitative estimate of drug-likeness (QED) is 0.571. The van der Waals surface area contributed by atoms with E-state index in [9.17, 15) is 0 Å². The van der Waals surface area contributed by atoms with Gasteiger partial charge >= 0.3 is 0 Å². The second-order valence-electron chi connectivity index (χ2n) is 3.13. The molecule has 0 saturated heterocycles. The van der Waals surface area contributed by atoms with Gasteiger partial charge < -0.3 is 4.74 Å². The number of ether oxygens (including phenoxy) is 1. The van der Waals surface area contributed by atoms with Gasteiger partial charge in [-0.2, -0.15) is 0 Å². The van der Waals surface area contributed by atoms with Crippen LogP contribution >= 0.6 is 0 Å². The topological polar surface area (TPSA) is 9.23 Å². The lowest BCUT2D eigenvalue weighted by Crippen LogP contribution is -1.93. The largest absolute Gasteiger partial charge is 0.457 e. The van der Waals surface area contributed by atoms with E-state index in [1.165, 1.54) is 10.4 Å². The Morgan fingerprint density at radius 3 is 2.23 bits per heavy atom. The average molecular weight is 168 g/mol. The average Bonchev–Trinajstić information content (AvgIpc) is 2.15. The van der Waals surface area contributed by atoms with Crippen molar-refractivity contribution in [3.8, 4) is 11.5 Å². The predicted molar refractivity (Wildman–Crippen MR) is 50.6 cm³/mol. The second-order valence-corrected chi connectivity index (χ2v) is 3.13. The molecule has 0 unspecified atom stereocenters. The molecule has 0 amide bonds. The van der Waals surface area contributed by atoms with Crippen LogP contribution in [-0.4, -0.2) is 0 Å². The standard InChI is InChI=1S/C12H8O/c1-2-4-10(5-3-1)13-12-8-9-6-7-11(9)12/h1-8H. The lowest BCUT2D eigenvalue weighted by molar-refractivity contribution is 0.473. The highest BCUT2D eigenvalue weighted by atomic mass is 16.5. The zero-order valence-electron chi connectivity index (χ0n) is 7.03. The third-order valence-corrected chi connectivity index (χ3v) is 2.26. The summed E-state index contributed by atoms with van der Waals surface area (Å²) in [6.07, 6.45) is 0. The summed E-state index contributed by atoms with van der Waals surface area (Å²) in [5.74, 6) is 1.89. The first kappa shape index (κ1) is 6.72. The van der Waals surface area contributed by atoms with Gasteiger partial charge in [0.05, 0.1) is 0 Å². The summed E-state index contributed by atoms with van der Waals surface area (Å²) in [7, 11) is 0. The van der Waals surface area contributed by atoms with E-state index in [0.717, 1.165) is 11.5 Å². The summed E-state index contributed by atoms with van der Waals surface area (Å²) in [6, 6.07) is 16.1. The van der Waals surface area contributed by atoms with Crippen LogP contribution in [-0.2, 0) is 0 Å². The highest BCUT2D eigenvalue weighted by Crippen LogP contribution is 2.28. The molecule has 0 atom stereocenters. The van der Waals surface area contributed by atoms with Gasteiger partial charge in [0, 0.05) is 5.22 Å². The Morgan fingerprint density at radius 1 is 0.846 bits per heavy atom. The SMILES string of the molecule is c1ccc(Oc2cc3ccc2=3)cc1. The van der Waals surface area contributed by atoms with Gasteiger partial charge in [-0.15, -0.1) is 0 Å². The maximum Gasteiger partial charge on any atom is 0.135 e. The van der Waals surface area contributed by atoms with Gasteiger partial charge in [0.25, 0.3) is 0 Å². The van der Waals surface area contributed by atoms with Gasteiger partial charge in [-0.1, -0.05) is 30.3 Å². The monoisotopic (exact) mass is 168 g/mol. The van der Waals surface area contributed by atoms with E-state index < -0.39 is 0 Å². The fourth-order valence-corrected chi connectivity index (χ4v) is 1.45. The first-order valence-corrected chi connectivity index (χ1v) is 4.31. The van der Waals surface area contributed by atoms with Gasteiger partial charge in [0.2, 0.25) is 0 Å². The predicted octanol–water partition coefficient (Wildman–Crippen LogP) is 3.08. The third-order valence-electron chi connectivity index (χ3n) is 2.26. The van der Waals surface area contributed by atoms with Gasteiger partial charge in [0.15, 0.2) is 0 Å². The van der Waals surface area contributed by atoms with Crippen LogP contribution in [0.25, 0.3) is 0 Å². The minimum Gasteiger partial charge on any atom is -0.457 e. The molecule has 0 aromatic heterocycles. The molecule has 13 heavy (non-hydrogen) atoms. The number of hydrogen-bond acceptors (Lipinski definition) is 1. The smallest absolute Gasteiger partial charge is 0.135 e. The first-order valence-electron chi connectivity index (χ1n) is 4.31. The van der Waals surface area contributed by atoms with E-state index >= 15 is 0 Å². The fraction of sp³-hybridized carbons (Fsp3) is 0. The van der Waals surface area contributed by atoms with Crippen molar-refractivity contribution < 1.29 is 4.74 Å². The molecule has 0 saturated carbocycles. The van der Waals surface area contributed by atoms with Crippen LogP contribution in [0.1, 0.15) is 0 Å². The molecule has 2 aliphatic rings. The molecule has 1 heteroatoms.